The fourth-order valence-corrected chi connectivity index (χ4v) is 2.00. The highest BCUT2D eigenvalue weighted by molar-refractivity contribution is 5.79. The van der Waals surface area contributed by atoms with Crippen LogP contribution in [-0.4, -0.2) is 4.98 Å². The van der Waals surface area contributed by atoms with Gasteiger partial charge in [-0.2, -0.15) is 10.5 Å². The summed E-state index contributed by atoms with van der Waals surface area (Å²) in [6, 6.07) is 11.3. The predicted octanol–water partition coefficient (Wildman–Crippen LogP) is 2.69. The van der Waals surface area contributed by atoms with Crippen LogP contribution in [0.2, 0.25) is 0 Å². The first kappa shape index (κ1) is 12.6. The van der Waals surface area contributed by atoms with Crippen LogP contribution in [0.5, 0.6) is 0 Å². The number of benzene rings is 1. The molecule has 0 saturated carbocycles. The molecule has 92 valence electrons. The molecule has 0 atom stereocenters. The highest BCUT2D eigenvalue weighted by Gasteiger charge is 2.15. The normalized spacial score (nSPS) is 9.68. The summed E-state index contributed by atoms with van der Waals surface area (Å²) in [6.45, 7) is 3.77. The molecule has 1 aromatic heterocycles. The predicted molar refractivity (Wildman–Crippen MR) is 73.0 cm³/mol. The highest BCUT2D eigenvalue weighted by atomic mass is 14.8. The van der Waals surface area contributed by atoms with Gasteiger partial charge in [-0.25, -0.2) is 4.98 Å². The molecule has 2 rings (SSSR count). The molecule has 1 aromatic carbocycles. The van der Waals surface area contributed by atoms with Gasteiger partial charge in [0.2, 0.25) is 0 Å². The summed E-state index contributed by atoms with van der Waals surface area (Å²) in [5, 5.41) is 18.1. The SMILES string of the molecule is Cc1nc(N)c(C#N)c(-c2ccc(C#N)cc2)c1C. The Kier molecular flexibility index (Phi) is 3.18. The molecule has 4 heteroatoms. The third kappa shape index (κ3) is 2.12. The lowest BCUT2D eigenvalue weighted by Crippen LogP contribution is -2.02. The van der Waals surface area contributed by atoms with Gasteiger partial charge in [-0.15, -0.1) is 0 Å². The molecule has 0 spiro atoms. The Hall–Kier alpha value is -2.85. The number of nitriles is 2. The van der Waals surface area contributed by atoms with Gasteiger partial charge >= 0.3 is 0 Å². The molecule has 0 radical (unpaired) electrons. The number of nitrogen functional groups attached to an aromatic ring is 1. The first-order valence-corrected chi connectivity index (χ1v) is 5.75. The van der Waals surface area contributed by atoms with Crippen molar-refractivity contribution in [1.29, 1.82) is 10.5 Å². The van der Waals surface area contributed by atoms with Crippen LogP contribution >= 0.6 is 0 Å². The summed E-state index contributed by atoms with van der Waals surface area (Å²) in [4.78, 5) is 4.17. The van der Waals surface area contributed by atoms with Gasteiger partial charge in [0.25, 0.3) is 0 Å². The highest BCUT2D eigenvalue weighted by Crippen LogP contribution is 2.31. The van der Waals surface area contributed by atoms with Gasteiger partial charge in [-0.1, -0.05) is 12.1 Å². The minimum Gasteiger partial charge on any atom is -0.383 e. The Bertz CT molecular complexity index is 716. The Morgan fingerprint density at radius 3 is 2.21 bits per heavy atom. The summed E-state index contributed by atoms with van der Waals surface area (Å²) in [5.41, 5.74) is 10.2. The summed E-state index contributed by atoms with van der Waals surface area (Å²) in [6.07, 6.45) is 0. The number of nitrogens with zero attached hydrogens (tertiary/aromatic N) is 3. The van der Waals surface area contributed by atoms with E-state index in [2.05, 4.69) is 17.1 Å². The molecule has 0 fully saturated rings. The maximum atomic E-state index is 9.25. The fourth-order valence-electron chi connectivity index (χ4n) is 2.00. The molecule has 1 heterocycles. The van der Waals surface area contributed by atoms with Crippen molar-refractivity contribution in [3.05, 3.63) is 46.6 Å². The molecule has 0 unspecified atom stereocenters. The number of aryl methyl sites for hydroxylation is 1. The molecule has 0 saturated heterocycles. The topological polar surface area (TPSA) is 86.5 Å². The van der Waals surface area contributed by atoms with Crippen molar-refractivity contribution >= 4 is 5.82 Å². The molecule has 0 aliphatic rings. The molecule has 2 aromatic rings. The van der Waals surface area contributed by atoms with Crippen molar-refractivity contribution in [3.63, 3.8) is 0 Å². The molecular weight excluding hydrogens is 236 g/mol. The van der Waals surface area contributed by atoms with E-state index in [0.29, 0.717) is 11.1 Å². The zero-order valence-corrected chi connectivity index (χ0v) is 10.7. The monoisotopic (exact) mass is 248 g/mol. The van der Waals surface area contributed by atoms with Crippen molar-refractivity contribution in [2.75, 3.05) is 5.73 Å². The Balaban J connectivity index is 2.74. The second kappa shape index (κ2) is 4.80. The number of aromatic nitrogens is 1. The van der Waals surface area contributed by atoms with Crippen LogP contribution in [0.1, 0.15) is 22.4 Å². The minimum atomic E-state index is 0.241. The van der Waals surface area contributed by atoms with Crippen LogP contribution in [0.3, 0.4) is 0 Å². The molecule has 4 nitrogen and oxygen atoms in total. The Morgan fingerprint density at radius 1 is 1.05 bits per heavy atom. The van der Waals surface area contributed by atoms with Gasteiger partial charge in [-0.3, -0.25) is 0 Å². The van der Waals surface area contributed by atoms with Crippen LogP contribution in [0.4, 0.5) is 5.82 Å². The van der Waals surface area contributed by atoms with Crippen LogP contribution in [0.25, 0.3) is 11.1 Å². The van der Waals surface area contributed by atoms with Gasteiger partial charge in [0.05, 0.1) is 11.6 Å². The number of hydrogen-bond donors (Lipinski definition) is 1. The average Bonchev–Trinajstić information content (AvgIpc) is 2.42. The second-order valence-corrected chi connectivity index (χ2v) is 4.26. The van der Waals surface area contributed by atoms with Gasteiger partial charge in [-0.05, 0) is 37.1 Å². The molecule has 19 heavy (non-hydrogen) atoms. The van der Waals surface area contributed by atoms with Crippen molar-refractivity contribution in [3.8, 4) is 23.3 Å². The fraction of sp³-hybridized carbons (Fsp3) is 0.133. The smallest absolute Gasteiger partial charge is 0.142 e. The number of rotatable bonds is 1. The van der Waals surface area contributed by atoms with Crippen LogP contribution in [-0.2, 0) is 0 Å². The quantitative estimate of drug-likeness (QED) is 0.840. The Labute approximate surface area is 111 Å². The lowest BCUT2D eigenvalue weighted by atomic mass is 9.94. The maximum Gasteiger partial charge on any atom is 0.142 e. The van der Waals surface area contributed by atoms with E-state index in [1.54, 1.807) is 12.1 Å². The third-order valence-corrected chi connectivity index (χ3v) is 3.13. The zero-order valence-electron chi connectivity index (χ0n) is 10.7. The van der Waals surface area contributed by atoms with E-state index >= 15 is 0 Å². The van der Waals surface area contributed by atoms with E-state index in [1.807, 2.05) is 26.0 Å². The molecule has 0 bridgehead atoms. The van der Waals surface area contributed by atoms with E-state index in [0.717, 1.165) is 22.4 Å². The van der Waals surface area contributed by atoms with Crippen molar-refractivity contribution < 1.29 is 0 Å². The second-order valence-electron chi connectivity index (χ2n) is 4.26. The number of anilines is 1. The number of pyridine rings is 1. The van der Waals surface area contributed by atoms with E-state index < -0.39 is 0 Å². The van der Waals surface area contributed by atoms with Crippen molar-refractivity contribution in [1.82, 2.24) is 4.98 Å². The van der Waals surface area contributed by atoms with Gasteiger partial charge in [0.15, 0.2) is 0 Å². The molecule has 0 aliphatic heterocycles. The molecule has 0 amide bonds. The largest absolute Gasteiger partial charge is 0.383 e. The van der Waals surface area contributed by atoms with Crippen molar-refractivity contribution in [2.24, 2.45) is 0 Å². The standard InChI is InChI=1S/C15H12N4/c1-9-10(2)19-15(18)13(8-17)14(9)12-5-3-11(7-16)4-6-12/h3-6H,1-2H3,(H2,18,19). The van der Waals surface area contributed by atoms with Gasteiger partial charge < -0.3 is 5.73 Å². The molecule has 2 N–H and O–H groups in total. The zero-order chi connectivity index (χ0) is 14.0. The molecular formula is C15H12N4. The maximum absolute atomic E-state index is 9.25. The van der Waals surface area contributed by atoms with Crippen molar-refractivity contribution in [2.45, 2.75) is 13.8 Å². The lowest BCUT2D eigenvalue weighted by molar-refractivity contribution is 1.15. The number of nitrogens with two attached hydrogens (primary N) is 1. The van der Waals surface area contributed by atoms with E-state index in [1.165, 1.54) is 0 Å². The Morgan fingerprint density at radius 2 is 1.68 bits per heavy atom. The van der Waals surface area contributed by atoms with E-state index in [9.17, 15) is 5.26 Å². The summed E-state index contributed by atoms with van der Waals surface area (Å²) < 4.78 is 0. The van der Waals surface area contributed by atoms with Gasteiger partial charge in [0, 0.05) is 11.3 Å². The first-order chi connectivity index (χ1) is 9.08. The first-order valence-electron chi connectivity index (χ1n) is 5.75. The summed E-state index contributed by atoms with van der Waals surface area (Å²) in [5.74, 6) is 0.241. The molecule has 0 aliphatic carbocycles. The van der Waals surface area contributed by atoms with E-state index in [4.69, 9.17) is 11.0 Å². The van der Waals surface area contributed by atoms with Crippen LogP contribution < -0.4 is 5.73 Å². The van der Waals surface area contributed by atoms with Gasteiger partial charge in [0.1, 0.15) is 17.5 Å². The lowest BCUT2D eigenvalue weighted by Gasteiger charge is -2.12. The third-order valence-electron chi connectivity index (χ3n) is 3.13. The average molecular weight is 248 g/mol. The summed E-state index contributed by atoms with van der Waals surface area (Å²) in [7, 11) is 0. The van der Waals surface area contributed by atoms with Crippen LogP contribution in [0.15, 0.2) is 24.3 Å². The summed E-state index contributed by atoms with van der Waals surface area (Å²) >= 11 is 0. The minimum absolute atomic E-state index is 0.241. The van der Waals surface area contributed by atoms with Crippen LogP contribution in [0, 0.1) is 36.5 Å². The number of hydrogen-bond acceptors (Lipinski definition) is 4. The van der Waals surface area contributed by atoms with E-state index in [-0.39, 0.29) is 5.82 Å².